The van der Waals surface area contributed by atoms with Crippen molar-refractivity contribution in [3.63, 3.8) is 0 Å². The Bertz CT molecular complexity index is 283. The summed E-state index contributed by atoms with van der Waals surface area (Å²) in [5.41, 5.74) is 16.1. The molecular weight excluding hydrogens is 319 g/mol. The van der Waals surface area contributed by atoms with Crippen molar-refractivity contribution in [3.8, 4) is 24.8 Å². The third kappa shape index (κ3) is 38.1. The van der Waals surface area contributed by atoms with Gasteiger partial charge in [-0.2, -0.15) is 21.0 Å². The first-order chi connectivity index (χ1) is 9.67. The van der Waals surface area contributed by atoms with E-state index in [1.165, 1.54) is 24.8 Å². The van der Waals surface area contributed by atoms with Crippen molar-refractivity contribution < 1.29 is 16.5 Å². The summed E-state index contributed by atoms with van der Waals surface area (Å²) in [5.74, 6) is 0. The largest absolute Gasteiger partial charge is 0.329 e. The second-order valence-corrected chi connectivity index (χ2v) is 2.90. The molecule has 0 saturated heterocycles. The molecular formula is C10H20N10Ni. The zero-order chi connectivity index (χ0) is 16.1. The van der Waals surface area contributed by atoms with Gasteiger partial charge in [0.15, 0.2) is 24.8 Å². The fraction of sp³-hybridized carbons (Fsp3) is 0.600. The van der Waals surface area contributed by atoms with Gasteiger partial charge < -0.3 is 17.2 Å². The molecule has 0 aromatic rings. The van der Waals surface area contributed by atoms with Crippen LogP contribution in [0.1, 0.15) is 0 Å². The fourth-order valence-electron chi connectivity index (χ4n) is 0.933. The van der Waals surface area contributed by atoms with Crippen LogP contribution >= 0.6 is 0 Å². The van der Waals surface area contributed by atoms with Crippen LogP contribution in [-0.2, 0) is 16.5 Å². The molecule has 0 unspecified atom stereocenters. The van der Waals surface area contributed by atoms with E-state index in [-0.39, 0.29) is 16.5 Å². The maximum absolute atomic E-state index is 7.48. The van der Waals surface area contributed by atoms with Crippen LogP contribution in [0, 0.1) is 45.8 Å². The first-order valence-corrected chi connectivity index (χ1v) is 5.57. The summed E-state index contributed by atoms with van der Waals surface area (Å²) >= 11 is 0. The van der Waals surface area contributed by atoms with Gasteiger partial charge in [-0.25, -0.2) is 10.6 Å². The summed E-state index contributed by atoms with van der Waals surface area (Å²) in [6, 6.07) is 0. The van der Waals surface area contributed by atoms with Crippen LogP contribution in [0.5, 0.6) is 0 Å². The van der Waals surface area contributed by atoms with Gasteiger partial charge in [0.25, 0.3) is 0 Å². The molecule has 120 valence electrons. The molecule has 0 rings (SSSR count). The number of nitriles is 4. The zero-order valence-electron chi connectivity index (χ0n) is 11.5. The van der Waals surface area contributed by atoms with Crippen molar-refractivity contribution >= 4 is 0 Å². The zero-order valence-corrected chi connectivity index (χ0v) is 12.5. The molecule has 0 aliphatic rings. The van der Waals surface area contributed by atoms with Gasteiger partial charge >= 0.3 is 0 Å². The van der Waals surface area contributed by atoms with Crippen molar-refractivity contribution in [2.24, 2.45) is 17.2 Å². The molecule has 21 heavy (non-hydrogen) atoms. The Morgan fingerprint density at radius 2 is 0.905 bits per heavy atom. The Hall–Kier alpha value is -2.11. The van der Waals surface area contributed by atoms with E-state index in [0.29, 0.717) is 19.6 Å². The minimum absolute atomic E-state index is 0. The molecule has 0 fully saturated rings. The molecule has 0 radical (unpaired) electrons. The number of nitrogens with two attached hydrogens (primary N) is 3. The summed E-state index contributed by atoms with van der Waals surface area (Å²) in [6.45, 7) is 4.73. The van der Waals surface area contributed by atoms with Crippen molar-refractivity contribution in [1.29, 1.82) is 21.0 Å². The maximum atomic E-state index is 7.48. The van der Waals surface area contributed by atoms with Gasteiger partial charge in [-0.05, 0) is 0 Å². The number of rotatable bonds is 6. The summed E-state index contributed by atoms with van der Waals surface area (Å²) in [6.07, 6.45) is 5.62. The first kappa shape index (κ1) is 27.3. The van der Waals surface area contributed by atoms with E-state index in [2.05, 4.69) is 4.90 Å². The molecule has 0 saturated carbocycles. The minimum atomic E-state index is 0. The number of nitrogens with one attached hydrogen (secondary N) is 2. The molecule has 0 spiro atoms. The van der Waals surface area contributed by atoms with Gasteiger partial charge in [0, 0.05) is 55.8 Å². The molecule has 11 heteroatoms. The predicted octanol–water partition coefficient (Wildman–Crippen LogP) is -2.76. The molecule has 0 amide bonds. The van der Waals surface area contributed by atoms with Crippen LogP contribution < -0.4 is 27.8 Å². The number of hydrogen-bond donors (Lipinski definition) is 5. The average molecular weight is 339 g/mol. The normalized spacial score (nSPS) is 6.86. The van der Waals surface area contributed by atoms with Crippen molar-refractivity contribution in [1.82, 2.24) is 15.5 Å². The van der Waals surface area contributed by atoms with Crippen LogP contribution in [-0.4, -0.2) is 44.2 Å². The molecule has 8 N–H and O–H groups in total. The second kappa shape index (κ2) is 30.7. The molecule has 0 aromatic heterocycles. The predicted molar refractivity (Wildman–Crippen MR) is 72.3 cm³/mol. The van der Waals surface area contributed by atoms with Crippen molar-refractivity contribution in [2.45, 2.75) is 0 Å². The van der Waals surface area contributed by atoms with Gasteiger partial charge in [-0.3, -0.25) is 4.90 Å². The van der Waals surface area contributed by atoms with E-state index >= 15 is 0 Å². The summed E-state index contributed by atoms with van der Waals surface area (Å²) < 4.78 is 0. The monoisotopic (exact) mass is 338 g/mol. The first-order valence-electron chi connectivity index (χ1n) is 5.57. The van der Waals surface area contributed by atoms with Crippen LogP contribution in [0.3, 0.4) is 0 Å². The third-order valence-corrected chi connectivity index (χ3v) is 1.56. The van der Waals surface area contributed by atoms with Crippen LogP contribution in [0.25, 0.3) is 0 Å². The van der Waals surface area contributed by atoms with E-state index in [1.807, 2.05) is 0 Å². The topological polar surface area (TPSA) is 201 Å². The molecule has 0 bridgehead atoms. The number of nitrogens with zero attached hydrogens (tertiary/aromatic N) is 5. The summed E-state index contributed by atoms with van der Waals surface area (Å²) in [7, 11) is 0. The number of hydrogen-bond acceptors (Lipinski definition) is 10. The Morgan fingerprint density at radius 3 is 1.00 bits per heavy atom. The van der Waals surface area contributed by atoms with Crippen molar-refractivity contribution in [3.05, 3.63) is 0 Å². The minimum Gasteiger partial charge on any atom is -0.329 e. The maximum Gasteiger partial charge on any atom is 0.190 e. The quantitative estimate of drug-likeness (QED) is 0.192. The Kier molecular flexibility index (Phi) is 39.9. The van der Waals surface area contributed by atoms with Crippen LogP contribution in [0.4, 0.5) is 0 Å². The van der Waals surface area contributed by atoms with Crippen LogP contribution in [0.2, 0.25) is 0 Å². The van der Waals surface area contributed by atoms with Crippen molar-refractivity contribution in [2.75, 3.05) is 39.3 Å². The second-order valence-electron chi connectivity index (χ2n) is 2.90. The Balaban J connectivity index is -0.000000112. The fourth-order valence-corrected chi connectivity index (χ4v) is 0.933. The third-order valence-electron chi connectivity index (χ3n) is 1.56. The summed E-state index contributed by atoms with van der Waals surface area (Å²) in [4.78, 5) is 2.17. The van der Waals surface area contributed by atoms with E-state index in [4.69, 9.17) is 38.2 Å². The molecule has 0 heterocycles. The molecule has 0 aromatic carbocycles. The standard InChI is InChI=1S/C6H18N4.2C2HN3.Ni/c7-1-4-10(5-2-8)6-3-9;2*3-1-5-2-4;/h1-9H2;2*5H;. The molecule has 10 nitrogen and oxygen atoms in total. The van der Waals surface area contributed by atoms with Gasteiger partial charge in [0.1, 0.15) is 0 Å². The van der Waals surface area contributed by atoms with Gasteiger partial charge in [0.05, 0.1) is 0 Å². The Morgan fingerprint density at radius 1 is 0.667 bits per heavy atom. The van der Waals surface area contributed by atoms with Gasteiger partial charge in [-0.1, -0.05) is 0 Å². The molecule has 0 atom stereocenters. The van der Waals surface area contributed by atoms with E-state index in [0.717, 1.165) is 19.6 Å². The SMILES string of the molecule is N#CNC#N.N#CNC#N.NCCN(CCN)CCN.[Ni]. The van der Waals surface area contributed by atoms with Gasteiger partial charge in [-0.15, -0.1) is 0 Å². The summed E-state index contributed by atoms with van der Waals surface area (Å²) in [5, 5.41) is 33.4. The van der Waals surface area contributed by atoms with E-state index in [1.54, 1.807) is 10.6 Å². The van der Waals surface area contributed by atoms with E-state index in [9.17, 15) is 0 Å². The molecule has 0 aliphatic carbocycles. The Labute approximate surface area is 135 Å². The molecule has 0 aliphatic heterocycles. The van der Waals surface area contributed by atoms with E-state index < -0.39 is 0 Å². The van der Waals surface area contributed by atoms with Crippen LogP contribution in [0.15, 0.2) is 0 Å². The van der Waals surface area contributed by atoms with Gasteiger partial charge in [0.2, 0.25) is 0 Å². The average Bonchev–Trinajstić information content (AvgIpc) is 2.43. The smallest absolute Gasteiger partial charge is 0.190 e.